The molecule has 1 aliphatic rings. The molecule has 202 valence electrons. The van der Waals surface area contributed by atoms with Gasteiger partial charge in [0.15, 0.2) is 5.69 Å². The van der Waals surface area contributed by atoms with Crippen LogP contribution in [0.5, 0.6) is 0 Å². The summed E-state index contributed by atoms with van der Waals surface area (Å²) in [6.07, 6.45) is 11.8. The fourth-order valence-electron chi connectivity index (χ4n) is 4.50. The highest BCUT2D eigenvalue weighted by Gasteiger charge is 2.25. The number of hydrogen-bond donors (Lipinski definition) is 1. The number of carbonyl (C=O) groups is 1. The number of carbonyl (C=O) groups excluding carboxylic acids is 1. The zero-order chi connectivity index (χ0) is 27.0. The number of rotatable bonds is 11. The molecule has 0 saturated heterocycles. The van der Waals surface area contributed by atoms with Crippen molar-refractivity contribution in [3.8, 4) is 5.69 Å². The third-order valence-electron chi connectivity index (χ3n) is 6.37. The van der Waals surface area contributed by atoms with Gasteiger partial charge >= 0.3 is 0 Å². The van der Waals surface area contributed by atoms with Gasteiger partial charge in [-0.3, -0.25) is 8.98 Å². The summed E-state index contributed by atoms with van der Waals surface area (Å²) in [7, 11) is -3.52. The van der Waals surface area contributed by atoms with Crippen LogP contribution in [0, 0.1) is 6.92 Å². The lowest BCUT2D eigenvalue weighted by molar-refractivity contribution is 0.0921. The molecule has 0 aliphatic heterocycles. The summed E-state index contributed by atoms with van der Waals surface area (Å²) < 4.78 is 30.3. The highest BCUT2D eigenvalue weighted by molar-refractivity contribution is 7.86. The number of benzene rings is 1. The lowest BCUT2D eigenvalue weighted by Crippen LogP contribution is -2.36. The molecule has 0 spiro atoms. The number of amides is 1. The maximum absolute atomic E-state index is 13.3. The first-order valence-electron chi connectivity index (χ1n) is 12.7. The van der Waals surface area contributed by atoms with Crippen molar-refractivity contribution in [1.82, 2.24) is 15.1 Å². The molecule has 1 aromatic heterocycles. The second-order valence-corrected chi connectivity index (χ2v) is 11.8. The Bertz CT molecular complexity index is 1260. The van der Waals surface area contributed by atoms with E-state index in [-0.39, 0.29) is 24.3 Å². The monoisotopic (exact) mass is 567 g/mol. The van der Waals surface area contributed by atoms with Crippen molar-refractivity contribution in [2.75, 3.05) is 12.4 Å². The second kappa shape index (κ2) is 13.6. The Kier molecular flexibility index (Phi) is 10.8. The SMILES string of the molecule is C/C=C(\C/C=C\COS(=O)(=O)CCC)c1c(C)c(C(=O)NC2CCCCC2)nn1-c1ccc(Cl)cc1Cl. The third-order valence-corrected chi connectivity index (χ3v) is 8.31. The van der Waals surface area contributed by atoms with Gasteiger partial charge in [0, 0.05) is 16.6 Å². The van der Waals surface area contributed by atoms with E-state index in [0.717, 1.165) is 42.5 Å². The van der Waals surface area contributed by atoms with Crippen molar-refractivity contribution < 1.29 is 17.4 Å². The summed E-state index contributed by atoms with van der Waals surface area (Å²) in [5.41, 5.74) is 3.36. The van der Waals surface area contributed by atoms with Crippen LogP contribution in [0.3, 0.4) is 0 Å². The average molecular weight is 569 g/mol. The van der Waals surface area contributed by atoms with Crippen molar-refractivity contribution in [3.63, 3.8) is 0 Å². The first kappa shape index (κ1) is 29.4. The smallest absolute Gasteiger partial charge is 0.272 e. The summed E-state index contributed by atoms with van der Waals surface area (Å²) in [6.45, 7) is 5.55. The summed E-state index contributed by atoms with van der Waals surface area (Å²) in [6, 6.07) is 5.30. The fourth-order valence-corrected chi connectivity index (χ4v) is 5.89. The Morgan fingerprint density at radius 3 is 2.59 bits per heavy atom. The average Bonchev–Trinajstić information content (AvgIpc) is 3.18. The van der Waals surface area contributed by atoms with Crippen LogP contribution >= 0.6 is 23.2 Å². The molecule has 0 radical (unpaired) electrons. The first-order chi connectivity index (χ1) is 17.7. The first-order valence-corrected chi connectivity index (χ1v) is 15.0. The van der Waals surface area contributed by atoms with E-state index in [1.54, 1.807) is 35.9 Å². The van der Waals surface area contributed by atoms with Gasteiger partial charge in [0.1, 0.15) is 0 Å². The zero-order valence-electron chi connectivity index (χ0n) is 21.6. The minimum Gasteiger partial charge on any atom is -0.348 e. The van der Waals surface area contributed by atoms with Crippen molar-refractivity contribution >= 4 is 44.8 Å². The molecule has 3 rings (SSSR count). The van der Waals surface area contributed by atoms with Crippen LogP contribution in [0.2, 0.25) is 10.0 Å². The summed E-state index contributed by atoms with van der Waals surface area (Å²) in [5.74, 6) is -0.206. The molecule has 1 saturated carbocycles. The molecule has 1 N–H and O–H groups in total. The Hall–Kier alpha value is -2.13. The maximum Gasteiger partial charge on any atom is 0.272 e. The van der Waals surface area contributed by atoms with E-state index in [4.69, 9.17) is 32.5 Å². The molecule has 1 aliphatic carbocycles. The molecule has 1 aromatic carbocycles. The van der Waals surface area contributed by atoms with Crippen LogP contribution in [0.15, 0.2) is 36.4 Å². The molecular formula is C27H35Cl2N3O4S. The normalized spacial score (nSPS) is 15.4. The van der Waals surface area contributed by atoms with Gasteiger partial charge in [-0.25, -0.2) is 4.68 Å². The Morgan fingerprint density at radius 2 is 1.95 bits per heavy atom. The summed E-state index contributed by atoms with van der Waals surface area (Å²) >= 11 is 12.7. The number of hydrogen-bond acceptors (Lipinski definition) is 5. The minimum absolute atomic E-state index is 0.00706. The third kappa shape index (κ3) is 7.93. The number of aromatic nitrogens is 2. The molecule has 1 fully saturated rings. The van der Waals surface area contributed by atoms with E-state index >= 15 is 0 Å². The summed E-state index contributed by atoms with van der Waals surface area (Å²) in [5, 5.41) is 8.78. The van der Waals surface area contributed by atoms with Gasteiger partial charge in [0.2, 0.25) is 0 Å². The van der Waals surface area contributed by atoms with Gasteiger partial charge in [-0.05, 0) is 63.3 Å². The Balaban J connectivity index is 1.91. The maximum atomic E-state index is 13.3. The van der Waals surface area contributed by atoms with Crippen molar-refractivity contribution in [3.05, 3.63) is 63.4 Å². The van der Waals surface area contributed by atoms with Gasteiger partial charge in [-0.2, -0.15) is 13.5 Å². The molecule has 0 atom stereocenters. The molecule has 1 amide bonds. The highest BCUT2D eigenvalue weighted by Crippen LogP contribution is 2.32. The quantitative estimate of drug-likeness (QED) is 0.242. The second-order valence-electron chi connectivity index (χ2n) is 9.17. The molecule has 2 aromatic rings. The van der Waals surface area contributed by atoms with Crippen LogP contribution < -0.4 is 5.32 Å². The molecule has 1 heterocycles. The molecule has 37 heavy (non-hydrogen) atoms. The van der Waals surface area contributed by atoms with E-state index in [9.17, 15) is 13.2 Å². The predicted octanol–water partition coefficient (Wildman–Crippen LogP) is 6.66. The van der Waals surface area contributed by atoms with Crippen LogP contribution in [-0.4, -0.2) is 42.5 Å². The Morgan fingerprint density at radius 1 is 1.22 bits per heavy atom. The van der Waals surface area contributed by atoms with E-state index in [0.29, 0.717) is 34.3 Å². The van der Waals surface area contributed by atoms with E-state index in [1.807, 2.05) is 26.0 Å². The molecular weight excluding hydrogens is 533 g/mol. The number of nitrogens with zero attached hydrogens (tertiary/aromatic N) is 2. The van der Waals surface area contributed by atoms with Crippen molar-refractivity contribution in [1.29, 1.82) is 0 Å². The van der Waals surface area contributed by atoms with Gasteiger partial charge in [-0.1, -0.05) is 67.6 Å². The standard InChI is InChI=1S/C27H35Cl2N3O4S/c1-4-17-37(34,35)36-16-10-9-11-20(5-2)26-19(3)25(27(33)30-22-12-7-6-8-13-22)31-32(26)24-15-14-21(28)18-23(24)29/h5,9-10,14-15,18,22H,4,6-8,11-13,16-17H2,1-3H3,(H,30,33)/b10-9-,20-5+. The van der Waals surface area contributed by atoms with Crippen LogP contribution in [0.4, 0.5) is 0 Å². The summed E-state index contributed by atoms with van der Waals surface area (Å²) in [4.78, 5) is 13.3. The van der Waals surface area contributed by atoms with Crippen molar-refractivity contribution in [2.24, 2.45) is 0 Å². The van der Waals surface area contributed by atoms with Crippen LogP contribution in [0.25, 0.3) is 11.3 Å². The lowest BCUT2D eigenvalue weighted by atomic mass is 9.95. The van der Waals surface area contributed by atoms with Crippen molar-refractivity contribution in [2.45, 2.75) is 71.8 Å². The van der Waals surface area contributed by atoms with Gasteiger partial charge in [0.05, 0.1) is 28.8 Å². The fraction of sp³-hybridized carbons (Fsp3) is 0.481. The number of nitrogens with one attached hydrogen (secondary N) is 1. The van der Waals surface area contributed by atoms with Crippen LogP contribution in [-0.2, 0) is 14.3 Å². The predicted molar refractivity (Wildman–Crippen MR) is 150 cm³/mol. The van der Waals surface area contributed by atoms with Gasteiger partial charge in [0.25, 0.3) is 16.0 Å². The zero-order valence-corrected chi connectivity index (χ0v) is 23.9. The Labute approximate surface area is 230 Å². The molecule has 0 bridgehead atoms. The lowest BCUT2D eigenvalue weighted by Gasteiger charge is -2.22. The minimum atomic E-state index is -3.52. The van der Waals surface area contributed by atoms with E-state index in [1.165, 1.54) is 6.42 Å². The molecule has 10 heteroatoms. The number of allylic oxidation sites excluding steroid dienone is 3. The highest BCUT2D eigenvalue weighted by atomic mass is 35.5. The largest absolute Gasteiger partial charge is 0.348 e. The molecule has 0 unspecified atom stereocenters. The van der Waals surface area contributed by atoms with Crippen LogP contribution in [0.1, 0.15) is 80.5 Å². The van der Waals surface area contributed by atoms with Gasteiger partial charge in [-0.15, -0.1) is 0 Å². The topological polar surface area (TPSA) is 90.3 Å². The van der Waals surface area contributed by atoms with E-state index in [2.05, 4.69) is 5.32 Å². The van der Waals surface area contributed by atoms with E-state index < -0.39 is 10.1 Å². The van der Waals surface area contributed by atoms with Gasteiger partial charge < -0.3 is 5.32 Å². The molecule has 7 nitrogen and oxygen atoms in total. The number of halogens is 2.